The number of nitrogens with zero attached hydrogens (tertiary/aromatic N) is 2. The molecule has 0 aromatic heterocycles. The van der Waals surface area contributed by atoms with Gasteiger partial charge in [0.25, 0.3) is 0 Å². The maximum atomic E-state index is 12.6. The highest BCUT2D eigenvalue weighted by atomic mass is 32.2. The molecule has 0 spiro atoms. The van der Waals surface area contributed by atoms with Crippen LogP contribution in [0.3, 0.4) is 0 Å². The van der Waals surface area contributed by atoms with Gasteiger partial charge in [-0.15, -0.1) is 0 Å². The molecule has 2 aromatic carbocycles. The van der Waals surface area contributed by atoms with E-state index >= 15 is 0 Å². The molecule has 6 nitrogen and oxygen atoms in total. The normalized spacial score (nSPS) is 16.5. The third-order valence-electron chi connectivity index (χ3n) is 5.28. The average molecular weight is 418 g/mol. The Morgan fingerprint density at radius 1 is 1.03 bits per heavy atom. The topological polar surface area (TPSA) is 61.9 Å². The number of benzene rings is 2. The van der Waals surface area contributed by atoms with Gasteiger partial charge in [0.2, 0.25) is 10.0 Å². The molecule has 0 saturated carbocycles. The van der Waals surface area contributed by atoms with Gasteiger partial charge in [0.05, 0.1) is 19.0 Å². The van der Waals surface area contributed by atoms with Crippen LogP contribution in [-0.2, 0) is 21.2 Å². The van der Waals surface area contributed by atoms with E-state index in [1.54, 1.807) is 0 Å². The minimum atomic E-state index is -3.36. The average Bonchev–Trinajstić information content (AvgIpc) is 2.74. The molecule has 1 saturated heterocycles. The van der Waals surface area contributed by atoms with E-state index in [1.165, 1.54) is 0 Å². The summed E-state index contributed by atoms with van der Waals surface area (Å²) in [4.78, 5) is 4.35. The Bertz CT molecular complexity index is 849. The van der Waals surface area contributed by atoms with Crippen LogP contribution in [0.2, 0.25) is 0 Å². The zero-order chi connectivity index (χ0) is 20.7. The van der Waals surface area contributed by atoms with Gasteiger partial charge in [0, 0.05) is 45.5 Å². The summed E-state index contributed by atoms with van der Waals surface area (Å²) in [5.41, 5.74) is 3.27. The molecule has 0 bridgehead atoms. The molecule has 158 valence electrons. The number of hydrogen-bond acceptors (Lipinski definition) is 5. The molecule has 1 aliphatic rings. The molecule has 0 aliphatic carbocycles. The largest absolute Gasteiger partial charge is 0.379 e. The van der Waals surface area contributed by atoms with Gasteiger partial charge in [-0.05, 0) is 29.7 Å². The predicted molar refractivity (Wildman–Crippen MR) is 118 cm³/mol. The number of rotatable bonds is 9. The lowest BCUT2D eigenvalue weighted by atomic mass is 10.0. The predicted octanol–water partition coefficient (Wildman–Crippen LogP) is 2.29. The summed E-state index contributed by atoms with van der Waals surface area (Å²) in [6, 6.07) is 18.0. The molecule has 3 rings (SSSR count). The lowest BCUT2D eigenvalue weighted by Crippen LogP contribution is -2.44. The lowest BCUT2D eigenvalue weighted by molar-refractivity contribution is 0.0172. The molecular weight excluding hydrogens is 386 g/mol. The lowest BCUT2D eigenvalue weighted by Gasteiger charge is -2.35. The summed E-state index contributed by atoms with van der Waals surface area (Å²) in [6.07, 6.45) is 0.510. The number of morpholine rings is 1. The van der Waals surface area contributed by atoms with Crippen LogP contribution in [-0.4, -0.2) is 66.0 Å². The Morgan fingerprint density at radius 3 is 2.31 bits per heavy atom. The highest BCUT2D eigenvalue weighted by molar-refractivity contribution is 7.89. The van der Waals surface area contributed by atoms with E-state index in [2.05, 4.69) is 38.8 Å². The van der Waals surface area contributed by atoms with E-state index in [1.807, 2.05) is 44.4 Å². The maximum Gasteiger partial charge on any atom is 0.211 e. The van der Waals surface area contributed by atoms with Gasteiger partial charge in [-0.1, -0.05) is 42.5 Å². The fourth-order valence-electron chi connectivity index (χ4n) is 3.52. The van der Waals surface area contributed by atoms with Crippen molar-refractivity contribution in [3.05, 3.63) is 65.7 Å². The first-order chi connectivity index (χ1) is 13.9. The van der Waals surface area contributed by atoms with Crippen LogP contribution >= 0.6 is 0 Å². The molecule has 2 aromatic rings. The fourth-order valence-corrected chi connectivity index (χ4v) is 4.58. The van der Waals surface area contributed by atoms with Crippen molar-refractivity contribution >= 4 is 15.7 Å². The van der Waals surface area contributed by atoms with Gasteiger partial charge in [-0.2, -0.15) is 0 Å². The minimum Gasteiger partial charge on any atom is -0.379 e. The van der Waals surface area contributed by atoms with Crippen LogP contribution < -0.4 is 9.62 Å². The molecule has 7 heteroatoms. The number of sulfonamides is 1. The second kappa shape index (κ2) is 10.2. The standard InChI is InChI=1S/C22H31N3O3S/c1-24(2)21-10-8-20(9-11-21)22(25-13-15-28-16-14-25)18-23-29(26,27)17-12-19-6-4-3-5-7-19/h3-11,22-23H,12-18H2,1-2H3/t22-/m1/s1. The Labute approximate surface area is 174 Å². The van der Waals surface area contributed by atoms with E-state index < -0.39 is 10.0 Å². The molecule has 0 amide bonds. The Balaban J connectivity index is 1.67. The molecule has 1 aliphatic heterocycles. The van der Waals surface area contributed by atoms with E-state index in [9.17, 15) is 8.42 Å². The van der Waals surface area contributed by atoms with E-state index in [0.717, 1.165) is 29.9 Å². The number of anilines is 1. The van der Waals surface area contributed by atoms with Crippen molar-refractivity contribution in [3.8, 4) is 0 Å². The first-order valence-corrected chi connectivity index (χ1v) is 11.7. The van der Waals surface area contributed by atoms with Gasteiger partial charge >= 0.3 is 0 Å². The molecule has 1 fully saturated rings. The zero-order valence-electron chi connectivity index (χ0n) is 17.3. The number of hydrogen-bond donors (Lipinski definition) is 1. The first-order valence-electron chi connectivity index (χ1n) is 10.0. The summed E-state index contributed by atoms with van der Waals surface area (Å²) in [5.74, 6) is 0.0897. The van der Waals surface area contributed by atoms with E-state index in [-0.39, 0.29) is 11.8 Å². The molecule has 0 unspecified atom stereocenters. The second-order valence-electron chi connectivity index (χ2n) is 7.55. The summed E-state index contributed by atoms with van der Waals surface area (Å²) in [6.45, 7) is 3.30. The number of aryl methyl sites for hydroxylation is 1. The number of nitrogens with one attached hydrogen (secondary N) is 1. The van der Waals surface area contributed by atoms with Crippen molar-refractivity contribution in [1.82, 2.24) is 9.62 Å². The number of ether oxygens (including phenoxy) is 1. The smallest absolute Gasteiger partial charge is 0.211 e. The van der Waals surface area contributed by atoms with Gasteiger partial charge in [0.15, 0.2) is 0 Å². The molecule has 0 radical (unpaired) electrons. The monoisotopic (exact) mass is 417 g/mol. The van der Waals surface area contributed by atoms with Crippen molar-refractivity contribution in [1.29, 1.82) is 0 Å². The highest BCUT2D eigenvalue weighted by Crippen LogP contribution is 2.24. The van der Waals surface area contributed by atoms with Crippen molar-refractivity contribution in [2.24, 2.45) is 0 Å². The van der Waals surface area contributed by atoms with Crippen LogP contribution in [0.5, 0.6) is 0 Å². The Hall–Kier alpha value is -1.93. The van der Waals surface area contributed by atoms with Crippen molar-refractivity contribution < 1.29 is 13.2 Å². The van der Waals surface area contributed by atoms with Crippen molar-refractivity contribution in [3.63, 3.8) is 0 Å². The van der Waals surface area contributed by atoms with Gasteiger partial charge in [-0.3, -0.25) is 4.90 Å². The van der Waals surface area contributed by atoms with Crippen LogP contribution in [0.1, 0.15) is 17.2 Å². The van der Waals surface area contributed by atoms with Crippen LogP contribution in [0.25, 0.3) is 0 Å². The first kappa shape index (κ1) is 21.8. The molecule has 1 heterocycles. The van der Waals surface area contributed by atoms with Gasteiger partial charge < -0.3 is 9.64 Å². The van der Waals surface area contributed by atoms with Crippen LogP contribution in [0.4, 0.5) is 5.69 Å². The molecule has 1 N–H and O–H groups in total. The summed E-state index contributed by atoms with van der Waals surface area (Å²) in [7, 11) is 0.659. The Morgan fingerprint density at radius 2 is 1.69 bits per heavy atom. The van der Waals surface area contributed by atoms with E-state index in [4.69, 9.17) is 4.74 Å². The SMILES string of the molecule is CN(C)c1ccc([C@@H](CNS(=O)(=O)CCc2ccccc2)N2CCOCC2)cc1. The van der Waals surface area contributed by atoms with Gasteiger partial charge in [0.1, 0.15) is 0 Å². The molecular formula is C22H31N3O3S. The minimum absolute atomic E-state index is 0.0124. The zero-order valence-corrected chi connectivity index (χ0v) is 18.1. The summed E-state index contributed by atoms with van der Waals surface area (Å²) >= 11 is 0. The fraction of sp³-hybridized carbons (Fsp3) is 0.455. The van der Waals surface area contributed by atoms with Crippen molar-refractivity contribution in [2.45, 2.75) is 12.5 Å². The van der Waals surface area contributed by atoms with Crippen LogP contribution in [0, 0.1) is 0 Å². The maximum absolute atomic E-state index is 12.6. The second-order valence-corrected chi connectivity index (χ2v) is 9.48. The highest BCUT2D eigenvalue weighted by Gasteiger charge is 2.24. The third kappa shape index (κ3) is 6.54. The van der Waals surface area contributed by atoms with Gasteiger partial charge in [-0.25, -0.2) is 13.1 Å². The quantitative estimate of drug-likeness (QED) is 0.678. The molecule has 1 atom stereocenters. The van der Waals surface area contributed by atoms with Crippen molar-refractivity contribution in [2.75, 3.05) is 57.6 Å². The van der Waals surface area contributed by atoms with Crippen LogP contribution in [0.15, 0.2) is 54.6 Å². The summed E-state index contributed by atoms with van der Waals surface area (Å²) < 4.78 is 33.5. The molecule has 29 heavy (non-hydrogen) atoms. The van der Waals surface area contributed by atoms with E-state index in [0.29, 0.717) is 26.2 Å². The Kier molecular flexibility index (Phi) is 7.66. The third-order valence-corrected chi connectivity index (χ3v) is 6.63. The summed E-state index contributed by atoms with van der Waals surface area (Å²) in [5, 5.41) is 0.